The van der Waals surface area contributed by atoms with Crippen LogP contribution in [0, 0.1) is 5.92 Å². The molecule has 0 fully saturated rings. The highest BCUT2D eigenvalue weighted by molar-refractivity contribution is 14.0. The van der Waals surface area contributed by atoms with Crippen LogP contribution in [0.1, 0.15) is 33.3 Å². The van der Waals surface area contributed by atoms with Gasteiger partial charge in [-0.3, -0.25) is 0 Å². The molecule has 0 bridgehead atoms. The van der Waals surface area contributed by atoms with Crippen LogP contribution in [-0.2, 0) is 6.54 Å². The molecule has 0 spiro atoms. The smallest absolute Gasteiger partial charge is 0.191 e. The van der Waals surface area contributed by atoms with Crippen molar-refractivity contribution in [2.75, 3.05) is 6.54 Å². The third kappa shape index (κ3) is 6.10. The number of hydrogen-bond donors (Lipinski definition) is 2. The van der Waals surface area contributed by atoms with Crippen molar-refractivity contribution in [1.29, 1.82) is 0 Å². The Labute approximate surface area is 161 Å². The minimum atomic E-state index is 0. The fourth-order valence-corrected chi connectivity index (χ4v) is 1.96. The highest BCUT2D eigenvalue weighted by atomic mass is 127. The first kappa shape index (κ1) is 20.4. The molecular weight excluding hydrogens is 415 g/mol. The molecule has 6 nitrogen and oxygen atoms in total. The van der Waals surface area contributed by atoms with Crippen molar-refractivity contribution in [2.24, 2.45) is 10.9 Å². The summed E-state index contributed by atoms with van der Waals surface area (Å²) in [4.78, 5) is 9.00. The second kappa shape index (κ2) is 10.3. The number of aliphatic imine (C=N–C) groups is 1. The van der Waals surface area contributed by atoms with Crippen LogP contribution in [0.4, 0.5) is 0 Å². The lowest BCUT2D eigenvalue weighted by Crippen LogP contribution is -2.44. The van der Waals surface area contributed by atoms with Gasteiger partial charge in [-0.05, 0) is 43.5 Å². The first-order valence-corrected chi connectivity index (χ1v) is 8.10. The molecule has 0 amide bonds. The molecule has 2 heterocycles. The maximum absolute atomic E-state index is 4.67. The van der Waals surface area contributed by atoms with E-state index in [0.717, 1.165) is 23.9 Å². The van der Waals surface area contributed by atoms with Gasteiger partial charge in [-0.15, -0.1) is 24.0 Å². The van der Waals surface area contributed by atoms with Gasteiger partial charge in [0.15, 0.2) is 11.8 Å². The summed E-state index contributed by atoms with van der Waals surface area (Å²) in [6.45, 7) is 10.1. The van der Waals surface area contributed by atoms with Crippen LogP contribution in [0.25, 0.3) is 5.82 Å². The summed E-state index contributed by atoms with van der Waals surface area (Å²) >= 11 is 0. The predicted octanol–water partition coefficient (Wildman–Crippen LogP) is 2.98. The van der Waals surface area contributed by atoms with Gasteiger partial charge < -0.3 is 10.6 Å². The number of guanidine groups is 1. The standard InChI is InChI=1S/C17H26N6.HI/c1-5-18-17(22-14(4)13(2)3)20-12-15-7-9-19-16(11-15)23-10-6-8-21-23;/h6-11,13-14H,5,12H2,1-4H3,(H2,18,20,22);1H. The number of aromatic nitrogens is 3. The second-order valence-electron chi connectivity index (χ2n) is 5.85. The predicted molar refractivity (Wildman–Crippen MR) is 109 cm³/mol. The van der Waals surface area contributed by atoms with E-state index < -0.39 is 0 Å². The van der Waals surface area contributed by atoms with Gasteiger partial charge in [-0.1, -0.05) is 13.8 Å². The van der Waals surface area contributed by atoms with Crippen molar-refractivity contribution < 1.29 is 0 Å². The summed E-state index contributed by atoms with van der Waals surface area (Å²) < 4.78 is 1.75. The molecule has 1 atom stereocenters. The largest absolute Gasteiger partial charge is 0.357 e. The summed E-state index contributed by atoms with van der Waals surface area (Å²) in [5.41, 5.74) is 1.10. The number of nitrogens with zero attached hydrogens (tertiary/aromatic N) is 4. The molecule has 0 saturated carbocycles. The van der Waals surface area contributed by atoms with Gasteiger partial charge in [0.05, 0.1) is 6.54 Å². The van der Waals surface area contributed by atoms with Gasteiger partial charge in [0, 0.05) is 31.2 Å². The van der Waals surface area contributed by atoms with Crippen LogP contribution in [0.15, 0.2) is 41.8 Å². The van der Waals surface area contributed by atoms with E-state index in [4.69, 9.17) is 0 Å². The molecular formula is C17H27IN6. The Balaban J connectivity index is 0.00000288. The minimum Gasteiger partial charge on any atom is -0.357 e. The molecule has 0 aromatic carbocycles. The summed E-state index contributed by atoms with van der Waals surface area (Å²) in [5, 5.41) is 10.9. The maximum atomic E-state index is 4.67. The highest BCUT2D eigenvalue weighted by Gasteiger charge is 2.08. The molecule has 1 unspecified atom stereocenters. The molecule has 2 aromatic heterocycles. The Kier molecular flexibility index (Phi) is 8.73. The van der Waals surface area contributed by atoms with Crippen molar-refractivity contribution in [1.82, 2.24) is 25.4 Å². The Bertz CT molecular complexity index is 624. The monoisotopic (exact) mass is 442 g/mol. The van der Waals surface area contributed by atoms with E-state index >= 15 is 0 Å². The van der Waals surface area contributed by atoms with E-state index in [1.165, 1.54) is 0 Å². The molecule has 2 rings (SSSR count). The first-order valence-electron chi connectivity index (χ1n) is 8.10. The molecule has 7 heteroatoms. The van der Waals surface area contributed by atoms with Gasteiger partial charge >= 0.3 is 0 Å². The first-order chi connectivity index (χ1) is 11.1. The lowest BCUT2D eigenvalue weighted by atomic mass is 10.1. The third-order valence-electron chi connectivity index (χ3n) is 3.68. The average Bonchev–Trinajstić information content (AvgIpc) is 3.07. The van der Waals surface area contributed by atoms with Crippen molar-refractivity contribution in [3.05, 3.63) is 42.4 Å². The molecule has 24 heavy (non-hydrogen) atoms. The summed E-state index contributed by atoms with van der Waals surface area (Å²) in [6.07, 6.45) is 5.41. The Morgan fingerprint density at radius 1 is 1.29 bits per heavy atom. The van der Waals surface area contributed by atoms with Crippen LogP contribution in [0.2, 0.25) is 0 Å². The SMILES string of the molecule is CCNC(=NCc1ccnc(-n2cccn2)c1)NC(C)C(C)C.I. The van der Waals surface area contributed by atoms with Gasteiger partial charge in [0.25, 0.3) is 0 Å². The number of hydrogen-bond acceptors (Lipinski definition) is 3. The average molecular weight is 442 g/mol. The zero-order chi connectivity index (χ0) is 16.7. The van der Waals surface area contributed by atoms with Crippen molar-refractivity contribution in [3.63, 3.8) is 0 Å². The molecule has 0 aliphatic rings. The van der Waals surface area contributed by atoms with Gasteiger partial charge in [0.2, 0.25) is 0 Å². The van der Waals surface area contributed by atoms with Crippen LogP contribution >= 0.6 is 24.0 Å². The zero-order valence-electron chi connectivity index (χ0n) is 14.7. The number of nitrogens with one attached hydrogen (secondary N) is 2. The Hall–Kier alpha value is -1.64. The van der Waals surface area contributed by atoms with E-state index in [-0.39, 0.29) is 24.0 Å². The van der Waals surface area contributed by atoms with E-state index in [9.17, 15) is 0 Å². The van der Waals surface area contributed by atoms with Crippen LogP contribution < -0.4 is 10.6 Å². The maximum Gasteiger partial charge on any atom is 0.191 e. The van der Waals surface area contributed by atoms with Crippen LogP contribution in [0.3, 0.4) is 0 Å². The topological polar surface area (TPSA) is 67.1 Å². The Morgan fingerprint density at radius 2 is 2.08 bits per heavy atom. The van der Waals surface area contributed by atoms with Crippen molar-refractivity contribution >= 4 is 29.9 Å². The molecule has 2 aromatic rings. The summed E-state index contributed by atoms with van der Waals surface area (Å²) in [7, 11) is 0. The summed E-state index contributed by atoms with van der Waals surface area (Å²) in [6, 6.07) is 6.23. The summed E-state index contributed by atoms with van der Waals surface area (Å²) in [5.74, 6) is 2.19. The van der Waals surface area contributed by atoms with Gasteiger partial charge in [-0.25, -0.2) is 14.7 Å². The normalized spacial score (nSPS) is 12.6. The molecule has 2 N–H and O–H groups in total. The van der Waals surface area contributed by atoms with E-state index in [0.29, 0.717) is 18.5 Å². The second-order valence-corrected chi connectivity index (χ2v) is 5.85. The zero-order valence-corrected chi connectivity index (χ0v) is 17.1. The molecule has 0 radical (unpaired) electrons. The van der Waals surface area contributed by atoms with Crippen molar-refractivity contribution in [2.45, 2.75) is 40.3 Å². The molecule has 0 aliphatic heterocycles. The fraction of sp³-hybridized carbons (Fsp3) is 0.471. The number of rotatable bonds is 6. The van der Waals surface area contributed by atoms with Gasteiger partial charge in [-0.2, -0.15) is 5.10 Å². The highest BCUT2D eigenvalue weighted by Crippen LogP contribution is 2.07. The van der Waals surface area contributed by atoms with E-state index in [2.05, 4.69) is 53.4 Å². The van der Waals surface area contributed by atoms with E-state index in [1.54, 1.807) is 17.1 Å². The minimum absolute atomic E-state index is 0. The Morgan fingerprint density at radius 3 is 2.71 bits per heavy atom. The van der Waals surface area contributed by atoms with Crippen molar-refractivity contribution in [3.8, 4) is 5.82 Å². The lowest BCUT2D eigenvalue weighted by molar-refractivity contribution is 0.481. The molecule has 132 valence electrons. The van der Waals surface area contributed by atoms with Gasteiger partial charge in [0.1, 0.15) is 0 Å². The lowest BCUT2D eigenvalue weighted by Gasteiger charge is -2.20. The number of halogens is 1. The number of pyridine rings is 1. The quantitative estimate of drug-likeness (QED) is 0.410. The fourth-order valence-electron chi connectivity index (χ4n) is 1.96. The van der Waals surface area contributed by atoms with Crippen LogP contribution in [0.5, 0.6) is 0 Å². The van der Waals surface area contributed by atoms with Crippen LogP contribution in [-0.4, -0.2) is 33.3 Å². The third-order valence-corrected chi connectivity index (χ3v) is 3.68. The molecule has 0 aliphatic carbocycles. The molecule has 0 saturated heterocycles. The van der Waals surface area contributed by atoms with E-state index in [1.807, 2.05) is 24.4 Å².